The third kappa shape index (κ3) is 3.66. The van der Waals surface area contributed by atoms with E-state index in [1.165, 1.54) is 12.5 Å². The maximum Gasteiger partial charge on any atom is 0.356 e. The Bertz CT molecular complexity index is 1050. The van der Waals surface area contributed by atoms with Crippen LogP contribution in [0, 0.1) is 0 Å². The largest absolute Gasteiger partial charge is 0.497 e. The van der Waals surface area contributed by atoms with E-state index < -0.39 is 5.97 Å². The van der Waals surface area contributed by atoms with E-state index in [1.807, 2.05) is 24.3 Å². The van der Waals surface area contributed by atoms with Gasteiger partial charge in [-0.2, -0.15) is 5.10 Å². The molecule has 1 aliphatic heterocycles. The predicted octanol–water partition coefficient (Wildman–Crippen LogP) is 1.63. The van der Waals surface area contributed by atoms with Crippen LogP contribution in [0.2, 0.25) is 0 Å². The molecule has 0 radical (unpaired) electrons. The van der Waals surface area contributed by atoms with Crippen molar-refractivity contribution in [3.8, 4) is 5.75 Å². The number of aromatic carboxylic acids is 1. The fraction of sp³-hybridized carbons (Fsp3) is 0.250. The van der Waals surface area contributed by atoms with Crippen molar-refractivity contribution in [1.82, 2.24) is 24.6 Å². The van der Waals surface area contributed by atoms with Gasteiger partial charge >= 0.3 is 5.97 Å². The van der Waals surface area contributed by atoms with E-state index in [0.717, 1.165) is 17.0 Å². The topological polar surface area (TPSA) is 110 Å². The molecule has 9 heteroatoms. The Balaban J connectivity index is 1.61. The van der Waals surface area contributed by atoms with Crippen molar-refractivity contribution in [2.24, 2.45) is 0 Å². The zero-order valence-corrected chi connectivity index (χ0v) is 15.8. The van der Waals surface area contributed by atoms with Crippen LogP contribution in [-0.4, -0.2) is 55.3 Å². The van der Waals surface area contributed by atoms with E-state index in [4.69, 9.17) is 4.74 Å². The molecule has 1 N–H and O–H groups in total. The van der Waals surface area contributed by atoms with Gasteiger partial charge in [0.2, 0.25) is 0 Å². The Hall–Kier alpha value is -3.75. The minimum absolute atomic E-state index is 0.0197. The molecule has 148 valence electrons. The first-order valence-corrected chi connectivity index (χ1v) is 9.07. The third-order valence-electron chi connectivity index (χ3n) is 4.92. The normalized spacial score (nSPS) is 13.1. The van der Waals surface area contributed by atoms with E-state index in [9.17, 15) is 14.7 Å². The Morgan fingerprint density at radius 3 is 2.66 bits per heavy atom. The van der Waals surface area contributed by atoms with E-state index in [-0.39, 0.29) is 23.8 Å². The lowest BCUT2D eigenvalue weighted by atomic mass is 10.0. The molecule has 1 amide bonds. The molecule has 0 unspecified atom stereocenters. The summed E-state index contributed by atoms with van der Waals surface area (Å²) in [5.41, 5.74) is 2.65. The van der Waals surface area contributed by atoms with Crippen LogP contribution in [0.5, 0.6) is 5.75 Å². The van der Waals surface area contributed by atoms with E-state index in [0.29, 0.717) is 25.1 Å². The van der Waals surface area contributed by atoms with Crippen LogP contribution >= 0.6 is 0 Å². The highest BCUT2D eigenvalue weighted by Gasteiger charge is 2.30. The fourth-order valence-electron chi connectivity index (χ4n) is 3.45. The SMILES string of the molecule is COc1ccc(Cn2nc(C(=O)O)c3c2CCN(C(=O)c2ccncn2)C3)cc1. The van der Waals surface area contributed by atoms with E-state index >= 15 is 0 Å². The molecule has 9 nitrogen and oxygen atoms in total. The number of amides is 1. The van der Waals surface area contributed by atoms with Gasteiger partial charge in [-0.3, -0.25) is 9.48 Å². The molecule has 0 saturated heterocycles. The molecular formula is C20H19N5O4. The first kappa shape index (κ1) is 18.6. The highest BCUT2D eigenvalue weighted by atomic mass is 16.5. The Morgan fingerprint density at radius 1 is 1.21 bits per heavy atom. The summed E-state index contributed by atoms with van der Waals surface area (Å²) in [5, 5.41) is 13.9. The second-order valence-corrected chi connectivity index (χ2v) is 6.66. The van der Waals surface area contributed by atoms with Crippen molar-refractivity contribution in [1.29, 1.82) is 0 Å². The molecule has 0 saturated carbocycles. The predicted molar refractivity (Wildman–Crippen MR) is 102 cm³/mol. The molecule has 2 aromatic heterocycles. The first-order chi connectivity index (χ1) is 14.1. The number of nitrogens with zero attached hydrogens (tertiary/aromatic N) is 5. The summed E-state index contributed by atoms with van der Waals surface area (Å²) in [6.45, 7) is 1.09. The third-order valence-corrected chi connectivity index (χ3v) is 4.92. The summed E-state index contributed by atoms with van der Waals surface area (Å²) in [5.74, 6) is -0.607. The van der Waals surface area contributed by atoms with Crippen LogP contribution in [-0.2, 0) is 19.5 Å². The molecule has 3 aromatic rings. The number of fused-ring (bicyclic) bond motifs is 1. The lowest BCUT2D eigenvalue weighted by molar-refractivity contribution is 0.0673. The molecule has 0 fully saturated rings. The summed E-state index contributed by atoms with van der Waals surface area (Å²) >= 11 is 0. The van der Waals surface area contributed by atoms with Gasteiger partial charge in [-0.05, 0) is 23.8 Å². The lowest BCUT2D eigenvalue weighted by Gasteiger charge is -2.27. The number of carbonyl (C=O) groups excluding carboxylic acids is 1. The summed E-state index contributed by atoms with van der Waals surface area (Å²) in [6, 6.07) is 9.09. The van der Waals surface area contributed by atoms with Crippen LogP contribution in [0.3, 0.4) is 0 Å². The van der Waals surface area contributed by atoms with Gasteiger partial charge < -0.3 is 14.7 Å². The highest BCUT2D eigenvalue weighted by Crippen LogP contribution is 2.25. The van der Waals surface area contributed by atoms with Gasteiger partial charge in [-0.1, -0.05) is 12.1 Å². The minimum atomic E-state index is -1.11. The highest BCUT2D eigenvalue weighted by molar-refractivity contribution is 5.93. The number of hydrogen-bond acceptors (Lipinski definition) is 6. The van der Waals surface area contributed by atoms with Gasteiger partial charge in [0.05, 0.1) is 20.2 Å². The maximum atomic E-state index is 12.7. The average Bonchev–Trinajstić information content (AvgIpc) is 3.12. The molecule has 1 aliphatic rings. The Labute approximate surface area is 166 Å². The van der Waals surface area contributed by atoms with E-state index in [2.05, 4.69) is 15.1 Å². The van der Waals surface area contributed by atoms with Gasteiger partial charge in [0, 0.05) is 30.4 Å². The van der Waals surface area contributed by atoms with Crippen LogP contribution in [0.15, 0.2) is 42.9 Å². The van der Waals surface area contributed by atoms with Crippen molar-refractivity contribution in [3.05, 3.63) is 71.1 Å². The number of rotatable bonds is 5. The first-order valence-electron chi connectivity index (χ1n) is 9.07. The number of carbonyl (C=O) groups is 2. The van der Waals surface area contributed by atoms with Crippen molar-refractivity contribution in [3.63, 3.8) is 0 Å². The van der Waals surface area contributed by atoms with Gasteiger partial charge in [-0.15, -0.1) is 0 Å². The summed E-state index contributed by atoms with van der Waals surface area (Å²) < 4.78 is 6.88. The van der Waals surface area contributed by atoms with Crippen LogP contribution in [0.4, 0.5) is 0 Å². The van der Waals surface area contributed by atoms with Crippen molar-refractivity contribution >= 4 is 11.9 Å². The fourth-order valence-corrected chi connectivity index (χ4v) is 3.45. The second kappa shape index (κ2) is 7.70. The van der Waals surface area contributed by atoms with Gasteiger partial charge in [0.1, 0.15) is 17.8 Å². The lowest BCUT2D eigenvalue weighted by Crippen LogP contribution is -2.37. The molecular weight excluding hydrogens is 374 g/mol. The summed E-state index contributed by atoms with van der Waals surface area (Å²) in [7, 11) is 1.60. The number of hydrogen-bond donors (Lipinski definition) is 1. The average molecular weight is 393 g/mol. The van der Waals surface area contributed by atoms with Gasteiger partial charge in [-0.25, -0.2) is 14.8 Å². The van der Waals surface area contributed by atoms with Crippen molar-refractivity contribution in [2.45, 2.75) is 19.5 Å². The molecule has 4 rings (SSSR count). The smallest absolute Gasteiger partial charge is 0.356 e. The molecule has 0 spiro atoms. The standard InChI is InChI=1S/C20H19N5O4/c1-29-14-4-2-13(3-5-14)10-25-17-7-9-24(11-15(17)18(23-25)20(27)28)19(26)16-6-8-21-12-22-16/h2-6,8,12H,7,9-11H2,1H3,(H,27,28). The van der Waals surface area contributed by atoms with Gasteiger partial charge in [0.15, 0.2) is 5.69 Å². The van der Waals surface area contributed by atoms with Gasteiger partial charge in [0.25, 0.3) is 5.91 Å². The van der Waals surface area contributed by atoms with Crippen molar-refractivity contribution in [2.75, 3.05) is 13.7 Å². The molecule has 3 heterocycles. The second-order valence-electron chi connectivity index (χ2n) is 6.66. The van der Waals surface area contributed by atoms with Crippen LogP contribution in [0.1, 0.15) is 37.8 Å². The number of benzene rings is 1. The maximum absolute atomic E-state index is 12.7. The summed E-state index contributed by atoms with van der Waals surface area (Å²) in [4.78, 5) is 33.9. The molecule has 1 aromatic carbocycles. The van der Waals surface area contributed by atoms with Crippen LogP contribution < -0.4 is 4.74 Å². The zero-order valence-electron chi connectivity index (χ0n) is 15.8. The molecule has 0 bridgehead atoms. The van der Waals surface area contributed by atoms with E-state index in [1.54, 1.807) is 22.8 Å². The quantitative estimate of drug-likeness (QED) is 0.701. The number of carboxylic acid groups (broad SMARTS) is 1. The van der Waals surface area contributed by atoms with Crippen molar-refractivity contribution < 1.29 is 19.4 Å². The number of ether oxygens (including phenoxy) is 1. The Kier molecular flexibility index (Phi) is 4.94. The number of methoxy groups -OCH3 is 1. The number of carboxylic acids is 1. The summed E-state index contributed by atoms with van der Waals surface area (Å²) in [6.07, 6.45) is 3.34. The minimum Gasteiger partial charge on any atom is -0.497 e. The number of aromatic nitrogens is 4. The molecule has 0 atom stereocenters. The molecule has 0 aliphatic carbocycles. The monoisotopic (exact) mass is 393 g/mol. The van der Waals surface area contributed by atoms with Crippen LogP contribution in [0.25, 0.3) is 0 Å². The zero-order chi connectivity index (χ0) is 20.4. The Morgan fingerprint density at radius 2 is 2.00 bits per heavy atom. The molecule has 29 heavy (non-hydrogen) atoms.